The van der Waals surface area contributed by atoms with Crippen molar-refractivity contribution in [2.75, 3.05) is 16.2 Å². The van der Waals surface area contributed by atoms with Gasteiger partial charge in [-0.05, 0) is 62.7 Å². The molecule has 0 fully saturated rings. The highest BCUT2D eigenvalue weighted by atomic mass is 35.5. The third-order valence-electron chi connectivity index (χ3n) is 4.67. The number of nitrogens with one attached hydrogen (secondary N) is 1. The van der Waals surface area contributed by atoms with Crippen LogP contribution in [0.15, 0.2) is 71.6 Å². The predicted octanol–water partition coefficient (Wildman–Crippen LogP) is 5.10. The Morgan fingerprint density at radius 3 is 2.03 bits per heavy atom. The first-order valence-corrected chi connectivity index (χ1v) is 11.2. The van der Waals surface area contributed by atoms with E-state index >= 15 is 0 Å². The molecule has 3 aromatic carbocycles. The lowest BCUT2D eigenvalue weighted by atomic mass is 10.2. The fourth-order valence-electron chi connectivity index (χ4n) is 2.86. The number of carbonyl (C=O) groups excluding carboxylic acids is 1. The van der Waals surface area contributed by atoms with Crippen molar-refractivity contribution >= 4 is 38.9 Å². The fourth-order valence-corrected chi connectivity index (χ4v) is 4.44. The fraction of sp³-hybridized carbons (Fsp3) is 0.174. The van der Waals surface area contributed by atoms with Gasteiger partial charge in [-0.15, -0.1) is 0 Å². The molecule has 156 valence electrons. The number of aryl methyl sites for hydroxylation is 3. The van der Waals surface area contributed by atoms with Crippen molar-refractivity contribution in [1.29, 1.82) is 0 Å². The Bertz CT molecular complexity index is 1160. The smallest absolute Gasteiger partial charge is 0.264 e. The van der Waals surface area contributed by atoms with E-state index in [-0.39, 0.29) is 11.4 Å². The van der Waals surface area contributed by atoms with E-state index in [2.05, 4.69) is 5.32 Å². The Morgan fingerprint density at radius 1 is 0.900 bits per heavy atom. The molecule has 0 aromatic heterocycles. The van der Waals surface area contributed by atoms with E-state index in [4.69, 9.17) is 11.6 Å². The second kappa shape index (κ2) is 8.90. The number of carbonyl (C=O) groups is 1. The summed E-state index contributed by atoms with van der Waals surface area (Å²) in [4.78, 5) is 12.8. The van der Waals surface area contributed by atoms with Crippen molar-refractivity contribution in [1.82, 2.24) is 0 Å². The van der Waals surface area contributed by atoms with Crippen LogP contribution in [0.5, 0.6) is 0 Å². The van der Waals surface area contributed by atoms with Crippen molar-refractivity contribution in [2.45, 2.75) is 25.7 Å². The van der Waals surface area contributed by atoms with Gasteiger partial charge in [0, 0.05) is 10.7 Å². The molecule has 7 heteroatoms. The minimum atomic E-state index is -3.98. The van der Waals surface area contributed by atoms with Gasteiger partial charge < -0.3 is 5.32 Å². The van der Waals surface area contributed by atoms with Crippen LogP contribution in [0.25, 0.3) is 0 Å². The quantitative estimate of drug-likeness (QED) is 0.577. The molecule has 0 bridgehead atoms. The second-order valence-corrected chi connectivity index (χ2v) is 9.44. The molecule has 0 aliphatic heterocycles. The minimum Gasteiger partial charge on any atom is -0.325 e. The van der Waals surface area contributed by atoms with E-state index in [1.54, 1.807) is 42.5 Å². The van der Waals surface area contributed by atoms with Crippen LogP contribution in [0.2, 0.25) is 5.02 Å². The molecule has 0 saturated heterocycles. The number of benzene rings is 3. The Morgan fingerprint density at radius 2 is 1.47 bits per heavy atom. The molecule has 1 N–H and O–H groups in total. The van der Waals surface area contributed by atoms with Gasteiger partial charge in [-0.25, -0.2) is 8.42 Å². The molecule has 0 radical (unpaired) electrons. The molecule has 0 aliphatic carbocycles. The van der Waals surface area contributed by atoms with E-state index in [0.717, 1.165) is 21.0 Å². The van der Waals surface area contributed by atoms with Crippen molar-refractivity contribution in [3.8, 4) is 0 Å². The summed E-state index contributed by atoms with van der Waals surface area (Å²) in [5.41, 5.74) is 3.74. The highest BCUT2D eigenvalue weighted by Crippen LogP contribution is 2.28. The van der Waals surface area contributed by atoms with E-state index < -0.39 is 15.9 Å². The summed E-state index contributed by atoms with van der Waals surface area (Å²) in [5.74, 6) is -0.453. The maximum atomic E-state index is 13.4. The summed E-state index contributed by atoms with van der Waals surface area (Å²) in [6.07, 6.45) is 0. The first kappa shape index (κ1) is 21.9. The van der Waals surface area contributed by atoms with Gasteiger partial charge in [0.15, 0.2) is 0 Å². The second-order valence-electron chi connectivity index (χ2n) is 7.17. The van der Waals surface area contributed by atoms with Crippen LogP contribution < -0.4 is 9.62 Å². The predicted molar refractivity (Wildman–Crippen MR) is 122 cm³/mol. The lowest BCUT2D eigenvalue weighted by Gasteiger charge is -2.24. The van der Waals surface area contributed by atoms with E-state index in [0.29, 0.717) is 16.4 Å². The van der Waals surface area contributed by atoms with Crippen molar-refractivity contribution < 1.29 is 13.2 Å². The van der Waals surface area contributed by atoms with Crippen LogP contribution in [0.4, 0.5) is 11.4 Å². The Hall–Kier alpha value is -2.83. The Balaban J connectivity index is 1.96. The number of nitrogens with zero attached hydrogens (tertiary/aromatic N) is 1. The largest absolute Gasteiger partial charge is 0.325 e. The molecule has 3 aromatic rings. The highest BCUT2D eigenvalue weighted by Gasteiger charge is 2.27. The topological polar surface area (TPSA) is 66.5 Å². The lowest BCUT2D eigenvalue weighted by Crippen LogP contribution is -2.38. The number of sulfonamides is 1. The van der Waals surface area contributed by atoms with E-state index in [9.17, 15) is 13.2 Å². The molecule has 5 nitrogen and oxygen atoms in total. The van der Waals surface area contributed by atoms with Crippen LogP contribution in [-0.2, 0) is 14.8 Å². The number of hydrogen-bond acceptors (Lipinski definition) is 3. The standard InChI is InChI=1S/C23H23ClN2O3S/c1-16-4-9-19(10-5-16)25-23(27)15-26(20-11-8-18(3)22(24)14-20)30(28,29)21-12-6-17(2)7-13-21/h4-14H,15H2,1-3H3,(H,25,27). The molecule has 0 atom stereocenters. The van der Waals surface area contributed by atoms with Gasteiger partial charge in [0.2, 0.25) is 5.91 Å². The summed E-state index contributed by atoms with van der Waals surface area (Å²) in [7, 11) is -3.98. The zero-order valence-electron chi connectivity index (χ0n) is 17.0. The SMILES string of the molecule is Cc1ccc(NC(=O)CN(c2ccc(C)c(Cl)c2)S(=O)(=O)c2ccc(C)cc2)cc1. The monoisotopic (exact) mass is 442 g/mol. The first-order valence-electron chi connectivity index (χ1n) is 9.39. The number of halogens is 1. The van der Waals surface area contributed by atoms with Gasteiger partial charge in [-0.1, -0.05) is 53.1 Å². The van der Waals surface area contributed by atoms with Crippen molar-refractivity contribution in [2.24, 2.45) is 0 Å². The average molecular weight is 443 g/mol. The van der Waals surface area contributed by atoms with E-state index in [1.807, 2.05) is 32.9 Å². The molecule has 1 amide bonds. The summed E-state index contributed by atoms with van der Waals surface area (Å²) in [6.45, 7) is 5.27. The van der Waals surface area contributed by atoms with Gasteiger partial charge in [-0.3, -0.25) is 9.10 Å². The maximum absolute atomic E-state index is 13.4. The zero-order chi connectivity index (χ0) is 21.9. The summed E-state index contributed by atoms with van der Waals surface area (Å²) < 4.78 is 27.8. The zero-order valence-corrected chi connectivity index (χ0v) is 18.6. The van der Waals surface area contributed by atoms with Crippen molar-refractivity contribution in [3.63, 3.8) is 0 Å². The average Bonchev–Trinajstić information content (AvgIpc) is 2.70. The molecule has 0 unspecified atom stereocenters. The van der Waals surface area contributed by atoms with Gasteiger partial charge >= 0.3 is 0 Å². The van der Waals surface area contributed by atoms with Crippen LogP contribution in [0, 0.1) is 20.8 Å². The molecular weight excluding hydrogens is 420 g/mol. The highest BCUT2D eigenvalue weighted by molar-refractivity contribution is 7.92. The summed E-state index contributed by atoms with van der Waals surface area (Å²) in [6, 6.07) is 18.7. The van der Waals surface area contributed by atoms with Crippen LogP contribution in [0.3, 0.4) is 0 Å². The Kier molecular flexibility index (Phi) is 6.48. The third kappa shape index (κ3) is 5.01. The molecule has 3 rings (SSSR count). The van der Waals surface area contributed by atoms with Gasteiger partial charge in [0.05, 0.1) is 10.6 Å². The van der Waals surface area contributed by atoms with E-state index in [1.165, 1.54) is 12.1 Å². The van der Waals surface area contributed by atoms with Gasteiger partial charge in [-0.2, -0.15) is 0 Å². The molecule has 0 aliphatic rings. The number of hydrogen-bond donors (Lipinski definition) is 1. The van der Waals surface area contributed by atoms with Crippen LogP contribution >= 0.6 is 11.6 Å². The number of rotatable bonds is 6. The lowest BCUT2D eigenvalue weighted by molar-refractivity contribution is -0.114. The molecule has 30 heavy (non-hydrogen) atoms. The number of amides is 1. The maximum Gasteiger partial charge on any atom is 0.264 e. The third-order valence-corrected chi connectivity index (χ3v) is 6.87. The Labute approximate surface area is 182 Å². The molecule has 0 saturated carbocycles. The minimum absolute atomic E-state index is 0.105. The van der Waals surface area contributed by atoms with Crippen LogP contribution in [0.1, 0.15) is 16.7 Å². The molecule has 0 heterocycles. The number of anilines is 2. The van der Waals surface area contributed by atoms with Crippen molar-refractivity contribution in [3.05, 3.63) is 88.4 Å². The molecular formula is C23H23ClN2O3S. The van der Waals surface area contributed by atoms with Gasteiger partial charge in [0.25, 0.3) is 10.0 Å². The molecule has 0 spiro atoms. The summed E-state index contributed by atoms with van der Waals surface area (Å²) >= 11 is 6.23. The van der Waals surface area contributed by atoms with Crippen LogP contribution in [-0.4, -0.2) is 20.9 Å². The normalized spacial score (nSPS) is 11.2. The first-order chi connectivity index (χ1) is 14.2. The van der Waals surface area contributed by atoms with Gasteiger partial charge in [0.1, 0.15) is 6.54 Å². The summed E-state index contributed by atoms with van der Waals surface area (Å²) in [5, 5.41) is 3.18.